The highest BCUT2D eigenvalue weighted by molar-refractivity contribution is 14.1. The van der Waals surface area contributed by atoms with Gasteiger partial charge in [-0.05, 0) is 53.1 Å². The number of rotatable bonds is 8. The van der Waals surface area contributed by atoms with Crippen molar-refractivity contribution in [3.63, 3.8) is 0 Å². The largest absolute Gasteiger partial charge is 0.506 e. The summed E-state index contributed by atoms with van der Waals surface area (Å²) in [5.41, 5.74) is -2.72. The molecule has 0 radical (unpaired) electrons. The highest BCUT2D eigenvalue weighted by Gasteiger charge is 2.34. The van der Waals surface area contributed by atoms with Crippen LogP contribution in [0, 0.1) is 61.1 Å². The van der Waals surface area contributed by atoms with Gasteiger partial charge in [-0.15, -0.1) is 0 Å². The predicted octanol–water partition coefficient (Wildman–Crippen LogP) is 6.45. The first kappa shape index (κ1) is 31.2. The van der Waals surface area contributed by atoms with Crippen molar-refractivity contribution in [2.75, 3.05) is 0 Å². The maximum Gasteiger partial charge on any atom is 0.387 e. The quantitative estimate of drug-likeness (QED) is 0.154. The highest BCUT2D eigenvalue weighted by atomic mass is 127. The number of benzene rings is 3. The van der Waals surface area contributed by atoms with Crippen LogP contribution in [-0.4, -0.2) is 29.7 Å². The van der Waals surface area contributed by atoms with Crippen LogP contribution in [-0.2, 0) is 0 Å². The average molecular weight is 671 g/mol. The Morgan fingerprint density at radius 3 is 1.45 bits per heavy atom. The van der Waals surface area contributed by atoms with Crippen LogP contribution in [0.4, 0.5) is 28.4 Å². The lowest BCUT2D eigenvalue weighted by Crippen LogP contribution is -2.02. The van der Waals surface area contributed by atoms with Crippen molar-refractivity contribution in [1.82, 2.24) is 0 Å². The maximum absolute atomic E-state index is 11.1. The number of aromatic hydroxyl groups is 1. The van der Waals surface area contributed by atoms with Crippen LogP contribution in [0.1, 0.15) is 30.9 Å². The second-order valence-electron chi connectivity index (χ2n) is 8.08. The predicted molar refractivity (Wildman–Crippen MR) is 146 cm³/mol. The molecule has 3 aromatic rings. The Morgan fingerprint density at radius 1 is 0.725 bits per heavy atom. The first-order valence-corrected chi connectivity index (χ1v) is 11.9. The van der Waals surface area contributed by atoms with Crippen LogP contribution >= 0.6 is 22.6 Å². The van der Waals surface area contributed by atoms with E-state index in [1.165, 1.54) is 6.07 Å². The molecule has 1 N–H and O–H groups in total. The van der Waals surface area contributed by atoms with E-state index in [0.717, 1.165) is 42.0 Å². The molecule has 0 saturated carbocycles. The fourth-order valence-electron chi connectivity index (χ4n) is 3.46. The Balaban J connectivity index is 0.000000319. The minimum Gasteiger partial charge on any atom is -0.506 e. The van der Waals surface area contributed by atoms with Crippen LogP contribution in [0.15, 0.2) is 42.5 Å². The lowest BCUT2D eigenvalue weighted by molar-refractivity contribution is -0.424. The topological polar surface area (TPSA) is 245 Å². The van der Waals surface area contributed by atoms with Gasteiger partial charge in [0.1, 0.15) is 5.75 Å². The van der Waals surface area contributed by atoms with E-state index in [0.29, 0.717) is 9.13 Å². The van der Waals surface area contributed by atoms with E-state index in [1.54, 1.807) is 6.92 Å². The number of halogens is 1. The lowest BCUT2D eigenvalue weighted by Gasteiger charge is -2.12. The molecule has 40 heavy (non-hydrogen) atoms. The van der Waals surface area contributed by atoms with Crippen molar-refractivity contribution in [3.05, 3.63) is 108 Å². The van der Waals surface area contributed by atoms with Crippen LogP contribution in [0.25, 0.3) is 0 Å². The molecule has 0 bridgehead atoms. The maximum atomic E-state index is 11.1. The van der Waals surface area contributed by atoms with Gasteiger partial charge >= 0.3 is 22.7 Å². The molecule has 0 amide bonds. The van der Waals surface area contributed by atoms with Gasteiger partial charge in [-0.3, -0.25) is 50.6 Å². The number of nitrogens with zero attached hydrogens (tertiary/aromatic N) is 5. The molecule has 0 aliphatic carbocycles. The molecular formula is C22H18IN5O12. The summed E-state index contributed by atoms with van der Waals surface area (Å²) in [4.78, 5) is 50.2. The van der Waals surface area contributed by atoms with Crippen molar-refractivity contribution >= 4 is 51.0 Å². The van der Waals surface area contributed by atoms with E-state index in [-0.39, 0.29) is 17.4 Å². The number of para-hydroxylation sites is 2. The molecule has 3 rings (SSSR count). The number of aryl methyl sites for hydroxylation is 1. The summed E-state index contributed by atoms with van der Waals surface area (Å²) in [5.74, 6) is -1.36. The van der Waals surface area contributed by atoms with Gasteiger partial charge in [0.15, 0.2) is 0 Å². The van der Waals surface area contributed by atoms with E-state index in [4.69, 9.17) is 4.74 Å². The van der Waals surface area contributed by atoms with Crippen LogP contribution in [0.5, 0.6) is 17.2 Å². The van der Waals surface area contributed by atoms with Crippen LogP contribution in [0.3, 0.4) is 0 Å². The second kappa shape index (κ2) is 12.7. The third-order valence-corrected chi connectivity index (χ3v) is 6.51. The minimum atomic E-state index is -1.09. The summed E-state index contributed by atoms with van der Waals surface area (Å²) in [5, 5.41) is 64.7. The number of ether oxygens (including phenoxy) is 1. The summed E-state index contributed by atoms with van der Waals surface area (Å²) in [6, 6.07) is 7.32. The molecule has 0 heterocycles. The van der Waals surface area contributed by atoms with Gasteiger partial charge in [0, 0.05) is 18.2 Å². The molecule has 0 aromatic heterocycles. The Morgan fingerprint density at radius 2 is 1.12 bits per heavy atom. The van der Waals surface area contributed by atoms with E-state index >= 15 is 0 Å². The van der Waals surface area contributed by atoms with Gasteiger partial charge in [-0.25, -0.2) is 0 Å². The van der Waals surface area contributed by atoms with Crippen LogP contribution in [0.2, 0.25) is 0 Å². The van der Waals surface area contributed by atoms with Crippen molar-refractivity contribution in [2.45, 2.75) is 26.7 Å². The molecule has 210 valence electrons. The third-order valence-electron chi connectivity index (χ3n) is 5.15. The Bertz CT molecular complexity index is 1470. The van der Waals surface area contributed by atoms with Gasteiger partial charge in [0.25, 0.3) is 5.69 Å². The molecule has 3 aromatic carbocycles. The number of phenols is 1. The molecule has 0 saturated heterocycles. The number of hydrogen-bond donors (Lipinski definition) is 1. The Labute approximate surface area is 236 Å². The van der Waals surface area contributed by atoms with E-state index in [2.05, 4.69) is 0 Å². The second-order valence-corrected chi connectivity index (χ2v) is 9.16. The first-order chi connectivity index (χ1) is 18.6. The SMILES string of the molecule is Cc1cc([N+](=O)[O-])c(C(C)C)c(O)c1I.O=[N+]([O-])c1cccc(Oc2cccc([N+](=O)[O-])c2[N+](=O)[O-])c1[N+](=O)[O-]. The van der Waals surface area contributed by atoms with Gasteiger partial charge in [-0.1, -0.05) is 26.0 Å². The summed E-state index contributed by atoms with van der Waals surface area (Å²) in [6.45, 7) is 5.40. The molecular weight excluding hydrogens is 653 g/mol. The fourth-order valence-corrected chi connectivity index (χ4v) is 3.91. The average Bonchev–Trinajstić information content (AvgIpc) is 2.86. The van der Waals surface area contributed by atoms with Gasteiger partial charge in [0.05, 0.1) is 33.8 Å². The van der Waals surface area contributed by atoms with E-state index in [1.807, 2.05) is 36.4 Å². The van der Waals surface area contributed by atoms with Gasteiger partial charge in [-0.2, -0.15) is 0 Å². The molecule has 0 aliphatic rings. The van der Waals surface area contributed by atoms with Crippen molar-refractivity contribution < 1.29 is 34.5 Å². The lowest BCUT2D eigenvalue weighted by atomic mass is 9.98. The zero-order valence-corrected chi connectivity index (χ0v) is 22.8. The summed E-state index contributed by atoms with van der Waals surface area (Å²) in [7, 11) is 0. The molecule has 18 heteroatoms. The smallest absolute Gasteiger partial charge is 0.387 e. The standard InChI is InChI=1S/C12H6N4O9.C10H12INO3/c17-13(18)7-3-1-5-9(11(7)15(21)22)25-10-6-2-4-8(14(19)20)12(10)16(23)24;1-5(2)8-7(12(14)15)4-6(3)9(11)10(8)13/h1-6H;4-5,13H,1-3H3. The number of hydrogen-bond acceptors (Lipinski definition) is 12. The molecule has 0 fully saturated rings. The van der Waals surface area contributed by atoms with Gasteiger partial charge < -0.3 is 9.84 Å². The van der Waals surface area contributed by atoms with Gasteiger partial charge in [0.2, 0.25) is 11.5 Å². The van der Waals surface area contributed by atoms with E-state index in [9.17, 15) is 55.7 Å². The highest BCUT2D eigenvalue weighted by Crippen LogP contribution is 2.43. The minimum absolute atomic E-state index is 0.000385. The number of nitro benzene ring substituents is 5. The Hall–Kier alpha value is -5.01. The molecule has 0 spiro atoms. The third kappa shape index (κ3) is 6.70. The zero-order chi connectivity index (χ0) is 30.5. The van der Waals surface area contributed by atoms with Crippen LogP contribution < -0.4 is 4.74 Å². The van der Waals surface area contributed by atoms with E-state index < -0.39 is 58.9 Å². The molecule has 17 nitrogen and oxygen atoms in total. The normalized spacial score (nSPS) is 10.3. The molecule has 0 aliphatic heterocycles. The molecule has 0 atom stereocenters. The first-order valence-electron chi connectivity index (χ1n) is 10.8. The fraction of sp³-hybridized carbons (Fsp3) is 0.182. The summed E-state index contributed by atoms with van der Waals surface area (Å²) in [6.07, 6.45) is 0. The number of phenolic OH excluding ortho intramolecular Hbond substituents is 1. The van der Waals surface area contributed by atoms with Crippen molar-refractivity contribution in [1.29, 1.82) is 0 Å². The monoisotopic (exact) mass is 671 g/mol. The van der Waals surface area contributed by atoms with Crippen molar-refractivity contribution in [2.24, 2.45) is 0 Å². The summed E-state index contributed by atoms with van der Waals surface area (Å²) < 4.78 is 5.74. The Kier molecular flexibility index (Phi) is 9.90. The zero-order valence-electron chi connectivity index (χ0n) is 20.7. The molecule has 0 unspecified atom stereocenters. The van der Waals surface area contributed by atoms with Crippen molar-refractivity contribution in [3.8, 4) is 17.2 Å². The number of nitro groups is 5. The summed E-state index contributed by atoms with van der Waals surface area (Å²) >= 11 is 2.00.